The molecule has 70 valence electrons. The number of hydrogen-bond acceptors (Lipinski definition) is 1. The van der Waals surface area contributed by atoms with E-state index >= 15 is 0 Å². The molecule has 1 nitrogen and oxygen atoms in total. The maximum Gasteiger partial charge on any atom is 0.127 e. The molecule has 1 atom stereocenters. The molecule has 2 rings (SSSR count). The smallest absolute Gasteiger partial charge is 0.127 e. The lowest BCUT2D eigenvalue weighted by atomic mass is 10.0. The molecule has 0 heterocycles. The first-order valence-corrected chi connectivity index (χ1v) is 4.75. The van der Waals surface area contributed by atoms with Crippen LogP contribution < -0.4 is 5.32 Å². The minimum absolute atomic E-state index is 0.0322. The van der Waals surface area contributed by atoms with E-state index in [1.807, 2.05) is 13.1 Å². The van der Waals surface area contributed by atoms with Gasteiger partial charge in [-0.05, 0) is 43.0 Å². The van der Waals surface area contributed by atoms with Gasteiger partial charge >= 0.3 is 0 Å². The zero-order valence-electron chi connectivity index (χ0n) is 7.81. The van der Waals surface area contributed by atoms with E-state index in [9.17, 15) is 4.39 Å². The fraction of sp³-hybridized carbons (Fsp3) is 0.455. The van der Waals surface area contributed by atoms with E-state index < -0.39 is 0 Å². The Bertz CT molecular complexity index is 307. The van der Waals surface area contributed by atoms with E-state index in [0.717, 1.165) is 24.9 Å². The fourth-order valence-corrected chi connectivity index (χ4v) is 2.18. The van der Waals surface area contributed by atoms with Gasteiger partial charge in [-0.2, -0.15) is 0 Å². The highest BCUT2D eigenvalue weighted by Gasteiger charge is 2.24. The van der Waals surface area contributed by atoms with Gasteiger partial charge in [-0.15, -0.1) is 0 Å². The zero-order valence-corrected chi connectivity index (χ0v) is 7.81. The summed E-state index contributed by atoms with van der Waals surface area (Å²) in [5.74, 6) is 0.344. The molecule has 1 aliphatic carbocycles. The highest BCUT2D eigenvalue weighted by molar-refractivity contribution is 5.36. The van der Waals surface area contributed by atoms with Gasteiger partial charge in [0.15, 0.2) is 0 Å². The van der Waals surface area contributed by atoms with E-state index in [1.54, 1.807) is 12.1 Å². The molecule has 1 aromatic rings. The number of fused-ring (bicyclic) bond motifs is 1. The molecular weight excluding hydrogens is 165 g/mol. The molecule has 0 saturated heterocycles. The average molecular weight is 179 g/mol. The van der Waals surface area contributed by atoms with Crippen molar-refractivity contribution >= 4 is 0 Å². The van der Waals surface area contributed by atoms with E-state index in [0.29, 0.717) is 5.92 Å². The van der Waals surface area contributed by atoms with Crippen LogP contribution in [0.2, 0.25) is 0 Å². The van der Waals surface area contributed by atoms with Gasteiger partial charge in [0.05, 0.1) is 0 Å². The minimum atomic E-state index is -0.0322. The Hall–Kier alpha value is -0.890. The highest BCUT2D eigenvalue weighted by Crippen LogP contribution is 2.34. The van der Waals surface area contributed by atoms with E-state index in [2.05, 4.69) is 5.32 Å². The standard InChI is InChI=1S/C11H14FN/c1-13-7-9-6-5-8-3-2-4-10(12)11(8)9/h2-4,9,13H,5-7H2,1H3. The molecule has 0 amide bonds. The molecule has 0 radical (unpaired) electrons. The van der Waals surface area contributed by atoms with Gasteiger partial charge in [0.2, 0.25) is 0 Å². The van der Waals surface area contributed by atoms with Crippen molar-refractivity contribution in [1.29, 1.82) is 0 Å². The van der Waals surface area contributed by atoms with Crippen molar-refractivity contribution in [3.05, 3.63) is 35.1 Å². The summed E-state index contributed by atoms with van der Waals surface area (Å²) in [4.78, 5) is 0. The molecule has 0 bridgehead atoms. The second kappa shape index (κ2) is 3.46. The van der Waals surface area contributed by atoms with Gasteiger partial charge < -0.3 is 5.32 Å². The number of aryl methyl sites for hydroxylation is 1. The second-order valence-corrected chi connectivity index (χ2v) is 3.61. The van der Waals surface area contributed by atoms with Crippen LogP contribution >= 0.6 is 0 Å². The van der Waals surface area contributed by atoms with Crippen LogP contribution in [-0.2, 0) is 6.42 Å². The molecule has 1 aromatic carbocycles. The van der Waals surface area contributed by atoms with Crippen molar-refractivity contribution in [2.45, 2.75) is 18.8 Å². The Morgan fingerprint density at radius 2 is 2.38 bits per heavy atom. The molecule has 0 aliphatic heterocycles. The summed E-state index contributed by atoms with van der Waals surface area (Å²) in [6.07, 6.45) is 2.11. The van der Waals surface area contributed by atoms with Gasteiger partial charge in [0.25, 0.3) is 0 Å². The Labute approximate surface area is 78.0 Å². The van der Waals surface area contributed by atoms with Crippen molar-refractivity contribution in [2.24, 2.45) is 0 Å². The monoisotopic (exact) mass is 179 g/mol. The summed E-state index contributed by atoms with van der Waals surface area (Å²) in [5.41, 5.74) is 2.14. The van der Waals surface area contributed by atoms with Crippen LogP contribution in [-0.4, -0.2) is 13.6 Å². The molecule has 1 unspecified atom stereocenters. The molecule has 0 aromatic heterocycles. The largest absolute Gasteiger partial charge is 0.319 e. The summed E-state index contributed by atoms with van der Waals surface area (Å²) >= 11 is 0. The topological polar surface area (TPSA) is 12.0 Å². The van der Waals surface area contributed by atoms with E-state index in [1.165, 1.54) is 5.56 Å². The van der Waals surface area contributed by atoms with E-state index in [4.69, 9.17) is 0 Å². The van der Waals surface area contributed by atoms with Crippen LogP contribution in [0.25, 0.3) is 0 Å². The van der Waals surface area contributed by atoms with Crippen LogP contribution in [0.15, 0.2) is 18.2 Å². The lowest BCUT2D eigenvalue weighted by molar-refractivity contribution is 0.565. The van der Waals surface area contributed by atoms with Gasteiger partial charge in [0.1, 0.15) is 5.82 Å². The number of likely N-dealkylation sites (N-methyl/N-ethyl adjacent to an activating group) is 1. The van der Waals surface area contributed by atoms with Gasteiger partial charge in [-0.3, -0.25) is 0 Å². The van der Waals surface area contributed by atoms with Crippen molar-refractivity contribution in [1.82, 2.24) is 5.32 Å². The molecular formula is C11H14FN. The Morgan fingerprint density at radius 1 is 1.54 bits per heavy atom. The lowest BCUT2D eigenvalue weighted by Crippen LogP contribution is -2.15. The number of rotatable bonds is 2. The van der Waals surface area contributed by atoms with Crippen LogP contribution in [0.5, 0.6) is 0 Å². The van der Waals surface area contributed by atoms with Crippen LogP contribution in [0.1, 0.15) is 23.5 Å². The number of halogens is 1. The third-order valence-corrected chi connectivity index (χ3v) is 2.76. The quantitative estimate of drug-likeness (QED) is 0.733. The minimum Gasteiger partial charge on any atom is -0.319 e. The highest BCUT2D eigenvalue weighted by atomic mass is 19.1. The predicted molar refractivity (Wildman–Crippen MR) is 51.4 cm³/mol. The molecule has 2 heteroatoms. The Morgan fingerprint density at radius 3 is 3.15 bits per heavy atom. The summed E-state index contributed by atoms with van der Waals surface area (Å²) in [7, 11) is 1.92. The number of nitrogens with one attached hydrogen (secondary N) is 1. The molecule has 0 spiro atoms. The lowest BCUT2D eigenvalue weighted by Gasteiger charge is -2.10. The number of benzene rings is 1. The molecule has 1 aliphatic rings. The fourth-order valence-electron chi connectivity index (χ4n) is 2.18. The maximum atomic E-state index is 13.4. The Kier molecular flexibility index (Phi) is 2.32. The van der Waals surface area contributed by atoms with Crippen molar-refractivity contribution in [3.63, 3.8) is 0 Å². The first-order chi connectivity index (χ1) is 6.33. The number of hydrogen-bond donors (Lipinski definition) is 1. The van der Waals surface area contributed by atoms with Crippen LogP contribution in [0.3, 0.4) is 0 Å². The normalized spacial score (nSPS) is 20.3. The summed E-state index contributed by atoms with van der Waals surface area (Å²) < 4.78 is 13.4. The average Bonchev–Trinajstić information content (AvgIpc) is 2.51. The summed E-state index contributed by atoms with van der Waals surface area (Å²) in [5, 5.41) is 3.11. The molecule has 1 N–H and O–H groups in total. The van der Waals surface area contributed by atoms with Gasteiger partial charge in [-0.1, -0.05) is 12.1 Å². The van der Waals surface area contributed by atoms with Gasteiger partial charge in [0, 0.05) is 6.54 Å². The summed E-state index contributed by atoms with van der Waals surface area (Å²) in [6, 6.07) is 5.40. The predicted octanol–water partition coefficient (Wildman–Crippen LogP) is 2.07. The maximum absolute atomic E-state index is 13.4. The molecule has 0 fully saturated rings. The van der Waals surface area contributed by atoms with Crippen molar-refractivity contribution in [3.8, 4) is 0 Å². The first-order valence-electron chi connectivity index (χ1n) is 4.75. The summed E-state index contributed by atoms with van der Waals surface area (Å²) in [6.45, 7) is 0.883. The SMILES string of the molecule is CNCC1CCc2cccc(F)c21. The third-order valence-electron chi connectivity index (χ3n) is 2.76. The van der Waals surface area contributed by atoms with E-state index in [-0.39, 0.29) is 5.82 Å². The zero-order chi connectivity index (χ0) is 9.26. The van der Waals surface area contributed by atoms with Gasteiger partial charge in [-0.25, -0.2) is 4.39 Å². The van der Waals surface area contributed by atoms with Crippen molar-refractivity contribution in [2.75, 3.05) is 13.6 Å². The van der Waals surface area contributed by atoms with Crippen LogP contribution in [0.4, 0.5) is 4.39 Å². The Balaban J connectivity index is 2.34. The molecule has 13 heavy (non-hydrogen) atoms. The molecule has 0 saturated carbocycles. The second-order valence-electron chi connectivity index (χ2n) is 3.61. The van der Waals surface area contributed by atoms with Crippen LogP contribution in [0, 0.1) is 5.82 Å². The third kappa shape index (κ3) is 1.46. The van der Waals surface area contributed by atoms with Crippen molar-refractivity contribution < 1.29 is 4.39 Å². The first kappa shape index (κ1) is 8.70.